The van der Waals surface area contributed by atoms with Crippen LogP contribution in [0.1, 0.15) is 32.5 Å². The minimum Gasteiger partial charge on any atom is -0.495 e. The first-order valence-electron chi connectivity index (χ1n) is 6.29. The summed E-state index contributed by atoms with van der Waals surface area (Å²) >= 11 is 0. The fourth-order valence-electron chi connectivity index (χ4n) is 1.56. The van der Waals surface area contributed by atoms with Gasteiger partial charge in [-0.2, -0.15) is 0 Å². The molecule has 0 heterocycles. The van der Waals surface area contributed by atoms with Gasteiger partial charge in [0.15, 0.2) is 0 Å². The number of benzene rings is 1. The first-order valence-corrected chi connectivity index (χ1v) is 6.29. The number of halogens is 1. The fraction of sp³-hybridized carbons (Fsp3) is 0.500. The summed E-state index contributed by atoms with van der Waals surface area (Å²) in [6.45, 7) is 5.19. The molecule has 20 heavy (non-hydrogen) atoms. The molecule has 1 rings (SSSR count). The number of alkyl halides is 1. The second-order valence-corrected chi connectivity index (χ2v) is 5.29. The average Bonchev–Trinajstić information content (AvgIpc) is 2.36. The van der Waals surface area contributed by atoms with Crippen LogP contribution in [0.3, 0.4) is 0 Å². The number of nitrogens with two attached hydrogens (primary N) is 1. The van der Waals surface area contributed by atoms with Crippen molar-refractivity contribution in [1.82, 2.24) is 0 Å². The summed E-state index contributed by atoms with van der Waals surface area (Å²) in [6.07, 6.45) is -1.86. The summed E-state index contributed by atoms with van der Waals surface area (Å²) in [7, 11) is 1.44. The van der Waals surface area contributed by atoms with Crippen LogP contribution in [-0.2, 0) is 4.74 Å². The number of methoxy groups -OCH3 is 1. The summed E-state index contributed by atoms with van der Waals surface area (Å²) < 4.78 is 23.8. The normalized spacial score (nSPS) is 12.7. The quantitative estimate of drug-likeness (QED) is 0.891. The minimum atomic E-state index is -1.26. The van der Waals surface area contributed by atoms with Gasteiger partial charge in [-0.25, -0.2) is 9.18 Å². The molecular weight excluding hydrogens is 263 g/mol. The molecule has 0 radical (unpaired) electrons. The largest absolute Gasteiger partial charge is 0.495 e. The Morgan fingerprint density at radius 3 is 2.60 bits per heavy atom. The molecule has 1 atom stereocenters. The molecule has 0 bridgehead atoms. The molecular formula is C14H21FN2O3. The van der Waals surface area contributed by atoms with Crippen molar-refractivity contribution in [2.24, 2.45) is 5.73 Å². The summed E-state index contributed by atoms with van der Waals surface area (Å²) in [5.74, 6) is 0.351. The number of ether oxygens (including phenoxy) is 2. The topological polar surface area (TPSA) is 73.6 Å². The summed E-state index contributed by atoms with van der Waals surface area (Å²) in [6, 6.07) is 4.61. The lowest BCUT2D eigenvalue weighted by atomic mass is 10.1. The highest BCUT2D eigenvalue weighted by molar-refractivity contribution is 5.87. The standard InChI is InChI=1S/C14H21FN2O3/c1-14(2,3)20-13(18)17-11-6-5-9(10(15)8-16)7-12(11)19-4/h5-7,10H,8,16H2,1-4H3,(H,17,18). The molecule has 0 saturated heterocycles. The van der Waals surface area contributed by atoms with Gasteiger partial charge in [0.05, 0.1) is 12.8 Å². The van der Waals surface area contributed by atoms with Crippen molar-refractivity contribution in [2.75, 3.05) is 19.0 Å². The van der Waals surface area contributed by atoms with E-state index in [1.807, 2.05) is 0 Å². The lowest BCUT2D eigenvalue weighted by Crippen LogP contribution is -2.27. The Morgan fingerprint density at radius 1 is 1.45 bits per heavy atom. The second-order valence-electron chi connectivity index (χ2n) is 5.29. The number of rotatable bonds is 4. The van der Waals surface area contributed by atoms with Gasteiger partial charge < -0.3 is 15.2 Å². The third kappa shape index (κ3) is 4.70. The Balaban J connectivity index is 2.88. The van der Waals surface area contributed by atoms with E-state index in [0.717, 1.165) is 0 Å². The molecule has 112 valence electrons. The van der Waals surface area contributed by atoms with E-state index in [1.54, 1.807) is 32.9 Å². The van der Waals surface area contributed by atoms with E-state index in [4.69, 9.17) is 15.2 Å². The van der Waals surface area contributed by atoms with E-state index in [1.165, 1.54) is 13.2 Å². The number of carbonyl (C=O) groups excluding carboxylic acids is 1. The van der Waals surface area contributed by atoms with E-state index >= 15 is 0 Å². The molecule has 5 nitrogen and oxygen atoms in total. The summed E-state index contributed by atoms with van der Waals surface area (Å²) in [5, 5.41) is 2.56. The third-order valence-electron chi connectivity index (χ3n) is 2.43. The smallest absolute Gasteiger partial charge is 0.412 e. The van der Waals surface area contributed by atoms with Crippen LogP contribution in [0, 0.1) is 0 Å². The van der Waals surface area contributed by atoms with Crippen LogP contribution in [0.4, 0.5) is 14.9 Å². The van der Waals surface area contributed by atoms with Crippen LogP contribution < -0.4 is 15.8 Å². The van der Waals surface area contributed by atoms with Gasteiger partial charge in [-0.3, -0.25) is 5.32 Å². The molecule has 0 aliphatic rings. The number of nitrogens with one attached hydrogen (secondary N) is 1. The maximum atomic E-state index is 13.5. The van der Waals surface area contributed by atoms with Crippen molar-refractivity contribution in [2.45, 2.75) is 32.5 Å². The number of amides is 1. The predicted molar refractivity (Wildman–Crippen MR) is 75.8 cm³/mol. The van der Waals surface area contributed by atoms with Gasteiger partial charge in [-0.05, 0) is 38.5 Å². The molecule has 1 aromatic carbocycles. The number of hydrogen-bond acceptors (Lipinski definition) is 4. The van der Waals surface area contributed by atoms with E-state index in [9.17, 15) is 9.18 Å². The number of carbonyl (C=O) groups is 1. The van der Waals surface area contributed by atoms with Crippen molar-refractivity contribution in [3.05, 3.63) is 23.8 Å². The fourth-order valence-corrected chi connectivity index (χ4v) is 1.56. The Morgan fingerprint density at radius 2 is 2.10 bits per heavy atom. The van der Waals surface area contributed by atoms with E-state index in [-0.39, 0.29) is 6.54 Å². The molecule has 1 unspecified atom stereocenters. The second kappa shape index (κ2) is 6.56. The Labute approximate surface area is 118 Å². The molecule has 6 heteroatoms. The van der Waals surface area contributed by atoms with Crippen molar-refractivity contribution >= 4 is 11.8 Å². The van der Waals surface area contributed by atoms with Crippen molar-refractivity contribution < 1.29 is 18.7 Å². The monoisotopic (exact) mass is 284 g/mol. The molecule has 0 aliphatic carbocycles. The highest BCUT2D eigenvalue weighted by atomic mass is 19.1. The highest BCUT2D eigenvalue weighted by Crippen LogP contribution is 2.29. The van der Waals surface area contributed by atoms with Crippen LogP contribution in [0.15, 0.2) is 18.2 Å². The van der Waals surface area contributed by atoms with Gasteiger partial charge in [-0.15, -0.1) is 0 Å². The van der Waals surface area contributed by atoms with Gasteiger partial charge in [0.1, 0.15) is 17.5 Å². The van der Waals surface area contributed by atoms with Crippen LogP contribution in [0.25, 0.3) is 0 Å². The molecule has 0 fully saturated rings. The SMILES string of the molecule is COc1cc(C(F)CN)ccc1NC(=O)OC(C)(C)C. The van der Waals surface area contributed by atoms with Crippen molar-refractivity contribution in [3.8, 4) is 5.75 Å². The van der Waals surface area contributed by atoms with E-state index < -0.39 is 17.9 Å². The molecule has 0 spiro atoms. The Kier molecular flexibility index (Phi) is 5.33. The molecule has 0 saturated carbocycles. The van der Waals surface area contributed by atoms with Crippen LogP contribution in [0.2, 0.25) is 0 Å². The molecule has 1 amide bonds. The van der Waals surface area contributed by atoms with Crippen molar-refractivity contribution in [3.63, 3.8) is 0 Å². The Bertz CT molecular complexity index is 472. The average molecular weight is 284 g/mol. The predicted octanol–water partition coefficient (Wildman–Crippen LogP) is 3.01. The molecule has 1 aromatic rings. The van der Waals surface area contributed by atoms with E-state index in [0.29, 0.717) is 17.0 Å². The van der Waals surface area contributed by atoms with Crippen LogP contribution in [-0.4, -0.2) is 25.3 Å². The molecule has 0 aliphatic heterocycles. The number of hydrogen-bond donors (Lipinski definition) is 2. The minimum absolute atomic E-state index is 0.109. The zero-order chi connectivity index (χ0) is 15.3. The summed E-state index contributed by atoms with van der Waals surface area (Å²) in [5.41, 5.74) is 5.50. The van der Waals surface area contributed by atoms with Gasteiger partial charge >= 0.3 is 6.09 Å². The Hall–Kier alpha value is -1.82. The zero-order valence-electron chi connectivity index (χ0n) is 12.2. The van der Waals surface area contributed by atoms with Gasteiger partial charge in [0.2, 0.25) is 0 Å². The first kappa shape index (κ1) is 16.2. The lowest BCUT2D eigenvalue weighted by molar-refractivity contribution is 0.0635. The van der Waals surface area contributed by atoms with Gasteiger partial charge in [0.25, 0.3) is 0 Å². The lowest BCUT2D eigenvalue weighted by Gasteiger charge is -2.20. The third-order valence-corrected chi connectivity index (χ3v) is 2.43. The van der Waals surface area contributed by atoms with Crippen LogP contribution in [0.5, 0.6) is 5.75 Å². The maximum absolute atomic E-state index is 13.5. The molecule has 0 aromatic heterocycles. The van der Waals surface area contributed by atoms with Gasteiger partial charge in [-0.1, -0.05) is 6.07 Å². The maximum Gasteiger partial charge on any atom is 0.412 e. The zero-order valence-corrected chi connectivity index (χ0v) is 12.2. The molecule has 3 N–H and O–H groups in total. The van der Waals surface area contributed by atoms with E-state index in [2.05, 4.69) is 5.32 Å². The number of anilines is 1. The van der Waals surface area contributed by atoms with Crippen molar-refractivity contribution in [1.29, 1.82) is 0 Å². The first-order chi connectivity index (χ1) is 9.26. The summed E-state index contributed by atoms with van der Waals surface area (Å²) in [4.78, 5) is 11.7. The highest BCUT2D eigenvalue weighted by Gasteiger charge is 2.18. The van der Waals surface area contributed by atoms with Crippen LogP contribution >= 0.6 is 0 Å². The van der Waals surface area contributed by atoms with Gasteiger partial charge in [0, 0.05) is 6.54 Å².